The number of carbonyl (C=O) groups excluding carboxylic acids is 2. The van der Waals surface area contributed by atoms with E-state index in [1.54, 1.807) is 18.2 Å². The van der Waals surface area contributed by atoms with Gasteiger partial charge in [-0.05, 0) is 43.0 Å². The monoisotopic (exact) mass is 288 g/mol. The molecule has 1 fully saturated rings. The molecule has 3 N–H and O–H groups in total. The maximum absolute atomic E-state index is 12.2. The first-order chi connectivity index (χ1) is 10.0. The van der Waals surface area contributed by atoms with E-state index in [-0.39, 0.29) is 23.8 Å². The van der Waals surface area contributed by atoms with Crippen LogP contribution in [0.4, 0.5) is 5.69 Å². The third-order valence-corrected chi connectivity index (χ3v) is 4.11. The number of nitrogens with one attached hydrogen (secondary N) is 2. The second-order valence-electron chi connectivity index (χ2n) is 5.62. The highest BCUT2D eigenvalue weighted by atomic mass is 16.4. The fraction of sp³-hybridized carbons (Fsp3) is 0.400. The SMILES string of the molecule is O=C1Cc2cc(C(=O)NC3CCC(C(=O)O)C3)ccc2N1. The van der Waals surface area contributed by atoms with Crippen LogP contribution in [0.2, 0.25) is 0 Å². The van der Waals surface area contributed by atoms with Crippen molar-refractivity contribution in [3.05, 3.63) is 29.3 Å². The van der Waals surface area contributed by atoms with E-state index in [0.29, 0.717) is 31.2 Å². The smallest absolute Gasteiger partial charge is 0.306 e. The number of aliphatic carboxylic acids is 1. The molecule has 3 rings (SSSR count). The molecule has 0 bridgehead atoms. The lowest BCUT2D eigenvalue weighted by atomic mass is 10.1. The van der Waals surface area contributed by atoms with Gasteiger partial charge >= 0.3 is 5.97 Å². The lowest BCUT2D eigenvalue weighted by Gasteiger charge is -2.13. The number of hydrogen-bond acceptors (Lipinski definition) is 3. The molecule has 6 nitrogen and oxygen atoms in total. The summed E-state index contributed by atoms with van der Waals surface area (Å²) in [5.74, 6) is -1.44. The summed E-state index contributed by atoms with van der Waals surface area (Å²) in [6.07, 6.45) is 2.06. The number of rotatable bonds is 3. The van der Waals surface area contributed by atoms with Gasteiger partial charge in [0.1, 0.15) is 0 Å². The van der Waals surface area contributed by atoms with Gasteiger partial charge in [-0.1, -0.05) is 0 Å². The van der Waals surface area contributed by atoms with Gasteiger partial charge in [-0.2, -0.15) is 0 Å². The Bertz CT molecular complexity index is 626. The summed E-state index contributed by atoms with van der Waals surface area (Å²) in [4.78, 5) is 34.4. The molecular formula is C15H16N2O4. The first kappa shape index (κ1) is 13.6. The first-order valence-electron chi connectivity index (χ1n) is 6.99. The zero-order valence-electron chi connectivity index (χ0n) is 11.4. The third-order valence-electron chi connectivity index (χ3n) is 4.11. The number of hydrogen-bond donors (Lipinski definition) is 3. The molecule has 1 saturated carbocycles. The lowest BCUT2D eigenvalue weighted by molar-refractivity contribution is -0.141. The Morgan fingerprint density at radius 2 is 2.10 bits per heavy atom. The second kappa shape index (κ2) is 5.20. The molecular weight excluding hydrogens is 272 g/mol. The Morgan fingerprint density at radius 1 is 1.29 bits per heavy atom. The minimum Gasteiger partial charge on any atom is -0.481 e. The molecule has 110 valence electrons. The van der Waals surface area contributed by atoms with Crippen molar-refractivity contribution in [3.63, 3.8) is 0 Å². The Balaban J connectivity index is 1.66. The predicted octanol–water partition coefficient (Wildman–Crippen LogP) is 1.16. The molecule has 0 radical (unpaired) electrons. The highest BCUT2D eigenvalue weighted by molar-refractivity contribution is 6.01. The van der Waals surface area contributed by atoms with E-state index in [9.17, 15) is 14.4 Å². The summed E-state index contributed by atoms with van der Waals surface area (Å²) in [6, 6.07) is 5.02. The van der Waals surface area contributed by atoms with Gasteiger partial charge in [0.25, 0.3) is 5.91 Å². The summed E-state index contributed by atoms with van der Waals surface area (Å²) >= 11 is 0. The van der Waals surface area contributed by atoms with E-state index < -0.39 is 5.97 Å². The standard InChI is InChI=1S/C15H16N2O4/c18-13-7-10-5-8(2-4-12(10)17-13)14(19)16-11-3-1-9(6-11)15(20)21/h2,4-5,9,11H,1,3,6-7H2,(H,16,19)(H,17,18)(H,20,21). The van der Waals surface area contributed by atoms with Crippen molar-refractivity contribution in [2.24, 2.45) is 5.92 Å². The number of carboxylic acids is 1. The van der Waals surface area contributed by atoms with Crippen molar-refractivity contribution in [2.45, 2.75) is 31.7 Å². The fourth-order valence-electron chi connectivity index (χ4n) is 2.98. The zero-order chi connectivity index (χ0) is 15.0. The van der Waals surface area contributed by atoms with Gasteiger partial charge in [0, 0.05) is 17.3 Å². The summed E-state index contributed by atoms with van der Waals surface area (Å²) in [7, 11) is 0. The van der Waals surface area contributed by atoms with Crippen LogP contribution in [0.1, 0.15) is 35.2 Å². The highest BCUT2D eigenvalue weighted by Gasteiger charge is 2.30. The van der Waals surface area contributed by atoms with Crippen LogP contribution in [-0.4, -0.2) is 28.9 Å². The Labute approximate surface area is 121 Å². The van der Waals surface area contributed by atoms with E-state index in [0.717, 1.165) is 11.3 Å². The van der Waals surface area contributed by atoms with Crippen LogP contribution >= 0.6 is 0 Å². The van der Waals surface area contributed by atoms with Crippen molar-refractivity contribution in [3.8, 4) is 0 Å². The van der Waals surface area contributed by atoms with Crippen LogP contribution in [0.15, 0.2) is 18.2 Å². The Morgan fingerprint density at radius 3 is 2.81 bits per heavy atom. The van der Waals surface area contributed by atoms with Gasteiger partial charge in [-0.25, -0.2) is 0 Å². The van der Waals surface area contributed by atoms with Crippen LogP contribution in [-0.2, 0) is 16.0 Å². The highest BCUT2D eigenvalue weighted by Crippen LogP contribution is 2.27. The molecule has 1 heterocycles. The van der Waals surface area contributed by atoms with E-state index in [1.165, 1.54) is 0 Å². The van der Waals surface area contributed by atoms with Gasteiger partial charge in [-0.15, -0.1) is 0 Å². The Hall–Kier alpha value is -2.37. The molecule has 2 aliphatic rings. The molecule has 0 aromatic heterocycles. The van der Waals surface area contributed by atoms with E-state index >= 15 is 0 Å². The number of carbonyl (C=O) groups is 3. The molecule has 6 heteroatoms. The van der Waals surface area contributed by atoms with Gasteiger partial charge in [0.2, 0.25) is 5.91 Å². The molecule has 1 aliphatic carbocycles. The van der Waals surface area contributed by atoms with Crippen molar-refractivity contribution in [2.75, 3.05) is 5.32 Å². The minimum atomic E-state index is -0.797. The van der Waals surface area contributed by atoms with Crippen LogP contribution in [0.5, 0.6) is 0 Å². The number of benzene rings is 1. The largest absolute Gasteiger partial charge is 0.481 e. The molecule has 2 amide bonds. The third kappa shape index (κ3) is 2.74. The summed E-state index contributed by atoms with van der Waals surface area (Å²) < 4.78 is 0. The molecule has 1 aromatic rings. The van der Waals surface area contributed by atoms with Gasteiger partial charge in [0.05, 0.1) is 12.3 Å². The van der Waals surface area contributed by atoms with E-state index in [2.05, 4.69) is 10.6 Å². The average molecular weight is 288 g/mol. The number of fused-ring (bicyclic) bond motifs is 1. The van der Waals surface area contributed by atoms with Crippen molar-refractivity contribution < 1.29 is 19.5 Å². The van der Waals surface area contributed by atoms with Crippen molar-refractivity contribution in [1.82, 2.24) is 5.32 Å². The first-order valence-corrected chi connectivity index (χ1v) is 6.99. The summed E-state index contributed by atoms with van der Waals surface area (Å²) in [5.41, 5.74) is 2.08. The number of amides is 2. The van der Waals surface area contributed by atoms with Gasteiger partial charge < -0.3 is 15.7 Å². The maximum Gasteiger partial charge on any atom is 0.306 e. The molecule has 1 aromatic carbocycles. The number of carboxylic acid groups (broad SMARTS) is 1. The van der Waals surface area contributed by atoms with Crippen LogP contribution in [0.3, 0.4) is 0 Å². The molecule has 0 spiro atoms. The fourth-order valence-corrected chi connectivity index (χ4v) is 2.98. The summed E-state index contributed by atoms with van der Waals surface area (Å²) in [5, 5.41) is 14.6. The van der Waals surface area contributed by atoms with Crippen LogP contribution in [0, 0.1) is 5.92 Å². The van der Waals surface area contributed by atoms with Gasteiger partial charge in [-0.3, -0.25) is 14.4 Å². The normalized spacial score (nSPS) is 23.5. The topological polar surface area (TPSA) is 95.5 Å². The van der Waals surface area contributed by atoms with Crippen LogP contribution in [0.25, 0.3) is 0 Å². The lowest BCUT2D eigenvalue weighted by Crippen LogP contribution is -2.33. The average Bonchev–Trinajstić information content (AvgIpc) is 3.02. The molecule has 1 aliphatic heterocycles. The minimum absolute atomic E-state index is 0.0670. The molecule has 2 atom stereocenters. The summed E-state index contributed by atoms with van der Waals surface area (Å²) in [6.45, 7) is 0. The quantitative estimate of drug-likeness (QED) is 0.778. The Kier molecular flexibility index (Phi) is 3.37. The molecule has 21 heavy (non-hydrogen) atoms. The van der Waals surface area contributed by atoms with Crippen LogP contribution < -0.4 is 10.6 Å². The second-order valence-corrected chi connectivity index (χ2v) is 5.62. The zero-order valence-corrected chi connectivity index (χ0v) is 11.4. The number of anilines is 1. The molecule has 2 unspecified atom stereocenters. The predicted molar refractivity (Wildman–Crippen MR) is 75.0 cm³/mol. The van der Waals surface area contributed by atoms with E-state index in [4.69, 9.17) is 5.11 Å². The van der Waals surface area contributed by atoms with Crippen molar-refractivity contribution >= 4 is 23.5 Å². The molecule has 0 saturated heterocycles. The maximum atomic E-state index is 12.2. The van der Waals surface area contributed by atoms with Crippen molar-refractivity contribution in [1.29, 1.82) is 0 Å². The van der Waals surface area contributed by atoms with E-state index in [1.807, 2.05) is 0 Å². The van der Waals surface area contributed by atoms with Gasteiger partial charge in [0.15, 0.2) is 0 Å².